The third-order valence-electron chi connectivity index (χ3n) is 4.07. The van der Waals surface area contributed by atoms with E-state index in [4.69, 9.17) is 22.1 Å². The molecule has 0 amide bonds. The zero-order chi connectivity index (χ0) is 19.5. The van der Waals surface area contributed by atoms with E-state index in [1.807, 2.05) is 54.6 Å². The second-order valence-corrected chi connectivity index (χ2v) is 7.31. The van der Waals surface area contributed by atoms with Gasteiger partial charge in [-0.2, -0.15) is 0 Å². The van der Waals surface area contributed by atoms with Crippen LogP contribution in [0.25, 0.3) is 21.7 Å². The van der Waals surface area contributed by atoms with Crippen LogP contribution in [-0.4, -0.2) is 22.3 Å². The van der Waals surface area contributed by atoms with Crippen molar-refractivity contribution in [1.29, 1.82) is 0 Å². The first kappa shape index (κ1) is 18.2. The van der Waals surface area contributed by atoms with Crippen molar-refractivity contribution in [3.63, 3.8) is 0 Å². The Bertz CT molecular complexity index is 1110. The van der Waals surface area contributed by atoms with Crippen LogP contribution in [0.3, 0.4) is 0 Å². The van der Waals surface area contributed by atoms with Crippen molar-refractivity contribution in [2.24, 2.45) is 0 Å². The highest BCUT2D eigenvalue weighted by molar-refractivity contribution is 7.18. The molecular formula is C20H16ClN5OS. The Balaban J connectivity index is 1.74. The number of nitrogen functional groups attached to an aromatic ring is 1. The average molecular weight is 410 g/mol. The Hall–Kier alpha value is -3.16. The monoisotopic (exact) mass is 409 g/mol. The van der Waals surface area contributed by atoms with Crippen molar-refractivity contribution in [1.82, 2.24) is 15.2 Å². The first-order valence-electron chi connectivity index (χ1n) is 8.39. The van der Waals surface area contributed by atoms with Gasteiger partial charge < -0.3 is 15.8 Å². The fourth-order valence-corrected chi connectivity index (χ4v) is 3.74. The molecule has 2 aromatic carbocycles. The summed E-state index contributed by atoms with van der Waals surface area (Å²) in [6.07, 6.45) is 1.68. The van der Waals surface area contributed by atoms with Crippen molar-refractivity contribution in [2.45, 2.75) is 0 Å². The number of pyridine rings is 1. The van der Waals surface area contributed by atoms with Gasteiger partial charge in [0.05, 0.1) is 7.11 Å². The zero-order valence-corrected chi connectivity index (χ0v) is 16.5. The number of nitrogens with two attached hydrogens (primary N) is 1. The summed E-state index contributed by atoms with van der Waals surface area (Å²) in [6.45, 7) is 0. The maximum atomic E-state index is 5.94. The molecule has 6 nitrogen and oxygen atoms in total. The van der Waals surface area contributed by atoms with Gasteiger partial charge in [0.2, 0.25) is 5.13 Å². The van der Waals surface area contributed by atoms with Gasteiger partial charge >= 0.3 is 0 Å². The van der Waals surface area contributed by atoms with Gasteiger partial charge in [0.1, 0.15) is 16.6 Å². The molecule has 0 radical (unpaired) electrons. The molecule has 140 valence electrons. The van der Waals surface area contributed by atoms with Crippen LogP contribution in [0.4, 0.5) is 16.6 Å². The molecule has 0 bridgehead atoms. The van der Waals surface area contributed by atoms with Crippen LogP contribution in [0, 0.1) is 0 Å². The summed E-state index contributed by atoms with van der Waals surface area (Å²) in [5.74, 6) is 1.17. The topological polar surface area (TPSA) is 86.0 Å². The molecular weight excluding hydrogens is 394 g/mol. The van der Waals surface area contributed by atoms with Gasteiger partial charge in [-0.05, 0) is 48.0 Å². The molecule has 0 aliphatic heterocycles. The Kier molecular flexibility index (Phi) is 5.10. The fraction of sp³-hybridized carbons (Fsp3) is 0.0500. The number of nitrogens with zero attached hydrogens (tertiary/aromatic N) is 3. The van der Waals surface area contributed by atoms with Crippen molar-refractivity contribution >= 4 is 39.6 Å². The number of hydrogen-bond donors (Lipinski definition) is 2. The van der Waals surface area contributed by atoms with Crippen LogP contribution in [0.1, 0.15) is 0 Å². The normalized spacial score (nSPS) is 10.6. The molecule has 0 unspecified atom stereocenters. The molecule has 0 aliphatic carbocycles. The van der Waals surface area contributed by atoms with Crippen LogP contribution in [0.5, 0.6) is 5.75 Å². The lowest BCUT2D eigenvalue weighted by Crippen LogP contribution is -1.94. The molecule has 0 fully saturated rings. The van der Waals surface area contributed by atoms with E-state index < -0.39 is 0 Å². The highest BCUT2D eigenvalue weighted by Crippen LogP contribution is 2.41. The maximum absolute atomic E-state index is 5.94. The lowest BCUT2D eigenvalue weighted by atomic mass is 9.99. The Morgan fingerprint density at radius 2 is 1.89 bits per heavy atom. The van der Waals surface area contributed by atoms with Crippen LogP contribution in [0.2, 0.25) is 5.02 Å². The van der Waals surface area contributed by atoms with E-state index in [1.165, 1.54) is 11.3 Å². The lowest BCUT2D eigenvalue weighted by molar-refractivity contribution is 0.416. The van der Waals surface area contributed by atoms with E-state index in [0.29, 0.717) is 16.0 Å². The molecule has 3 N–H and O–H groups in total. The molecule has 28 heavy (non-hydrogen) atoms. The van der Waals surface area contributed by atoms with Gasteiger partial charge in [0, 0.05) is 28.0 Å². The summed E-state index contributed by atoms with van der Waals surface area (Å²) in [5, 5.41) is 14.0. The van der Waals surface area contributed by atoms with Crippen molar-refractivity contribution in [3.8, 4) is 27.4 Å². The number of nitrogens with one attached hydrogen (secondary N) is 1. The highest BCUT2D eigenvalue weighted by Gasteiger charge is 2.17. The number of rotatable bonds is 5. The zero-order valence-electron chi connectivity index (χ0n) is 14.9. The molecule has 2 heterocycles. The lowest BCUT2D eigenvalue weighted by Gasteiger charge is -2.12. The minimum atomic E-state index is 0.441. The number of ether oxygens (including phenoxy) is 1. The standard InChI is InChI=1S/C20H16ClN5OS/c1-27-16-4-2-3-15(18(16)12-9-10-23-17(22)11-12)19-25-26-20(28-19)24-14-7-5-13(21)6-8-14/h2-11H,1H3,(H2,22,23)(H,24,26). The molecule has 8 heteroatoms. The largest absolute Gasteiger partial charge is 0.496 e. The number of anilines is 3. The summed E-state index contributed by atoms with van der Waals surface area (Å²) in [7, 11) is 1.64. The molecule has 4 rings (SSSR count). The fourth-order valence-electron chi connectivity index (χ4n) is 2.82. The molecule has 0 aliphatic rings. The number of aromatic nitrogens is 3. The molecule has 0 spiro atoms. The molecule has 0 saturated carbocycles. The van der Waals surface area contributed by atoms with Crippen molar-refractivity contribution < 1.29 is 4.74 Å². The number of halogens is 1. The van der Waals surface area contributed by atoms with Gasteiger partial charge in [-0.15, -0.1) is 10.2 Å². The van der Waals surface area contributed by atoms with Gasteiger partial charge in [0.25, 0.3) is 0 Å². The SMILES string of the molecule is COc1cccc(-c2nnc(Nc3ccc(Cl)cc3)s2)c1-c1ccnc(N)c1. The van der Waals surface area contributed by atoms with Crippen molar-refractivity contribution in [3.05, 3.63) is 65.8 Å². The van der Waals surface area contributed by atoms with Gasteiger partial charge in [0.15, 0.2) is 0 Å². The number of hydrogen-bond acceptors (Lipinski definition) is 7. The molecule has 0 atom stereocenters. The summed E-state index contributed by atoms with van der Waals surface area (Å²) in [5.41, 5.74) is 9.48. The average Bonchev–Trinajstić information content (AvgIpc) is 3.17. The van der Waals surface area contributed by atoms with Crippen LogP contribution < -0.4 is 15.8 Å². The van der Waals surface area contributed by atoms with E-state index >= 15 is 0 Å². The number of benzene rings is 2. The summed E-state index contributed by atoms with van der Waals surface area (Å²) in [6, 6.07) is 16.9. The minimum absolute atomic E-state index is 0.441. The smallest absolute Gasteiger partial charge is 0.210 e. The first-order chi connectivity index (χ1) is 13.6. The van der Waals surface area contributed by atoms with E-state index in [1.54, 1.807) is 13.3 Å². The maximum Gasteiger partial charge on any atom is 0.210 e. The third kappa shape index (κ3) is 3.76. The van der Waals surface area contributed by atoms with Gasteiger partial charge in [-0.1, -0.05) is 35.1 Å². The minimum Gasteiger partial charge on any atom is -0.496 e. The van der Waals surface area contributed by atoms with Crippen LogP contribution in [-0.2, 0) is 0 Å². The highest BCUT2D eigenvalue weighted by atomic mass is 35.5. The van der Waals surface area contributed by atoms with E-state index in [-0.39, 0.29) is 0 Å². The van der Waals surface area contributed by atoms with Gasteiger partial charge in [-0.25, -0.2) is 4.98 Å². The molecule has 4 aromatic rings. The second kappa shape index (κ2) is 7.84. The van der Waals surface area contributed by atoms with Gasteiger partial charge in [-0.3, -0.25) is 0 Å². The third-order valence-corrected chi connectivity index (χ3v) is 5.19. The van der Waals surface area contributed by atoms with E-state index in [0.717, 1.165) is 33.1 Å². The predicted molar refractivity (Wildman–Crippen MR) is 114 cm³/mol. The molecule has 0 saturated heterocycles. The van der Waals surface area contributed by atoms with Crippen molar-refractivity contribution in [2.75, 3.05) is 18.2 Å². The van der Waals surface area contributed by atoms with E-state index in [2.05, 4.69) is 20.5 Å². The van der Waals surface area contributed by atoms with Crippen LogP contribution >= 0.6 is 22.9 Å². The molecule has 2 aromatic heterocycles. The Morgan fingerprint density at radius 3 is 2.64 bits per heavy atom. The predicted octanol–water partition coefficient (Wildman–Crippen LogP) is 5.25. The van der Waals surface area contributed by atoms with E-state index in [9.17, 15) is 0 Å². The summed E-state index contributed by atoms with van der Waals surface area (Å²) < 4.78 is 5.58. The second-order valence-electron chi connectivity index (χ2n) is 5.90. The quantitative estimate of drug-likeness (QED) is 0.468. The number of methoxy groups -OCH3 is 1. The Labute approximate surface area is 171 Å². The Morgan fingerprint density at radius 1 is 1.07 bits per heavy atom. The first-order valence-corrected chi connectivity index (χ1v) is 9.59. The van der Waals surface area contributed by atoms with Crippen LogP contribution in [0.15, 0.2) is 60.8 Å². The summed E-state index contributed by atoms with van der Waals surface area (Å²) >= 11 is 7.38. The summed E-state index contributed by atoms with van der Waals surface area (Å²) in [4.78, 5) is 4.07.